The first-order chi connectivity index (χ1) is 7.49. The molecule has 0 aliphatic heterocycles. The van der Waals surface area contributed by atoms with Crippen molar-refractivity contribution in [3.63, 3.8) is 0 Å². The summed E-state index contributed by atoms with van der Waals surface area (Å²) in [5, 5.41) is 8.84. The minimum Gasteiger partial charge on any atom is -0.396 e. The molecule has 0 fully saturated rings. The number of hydrogen-bond acceptors (Lipinski definition) is 1. The molecular formula is C12H15F3O. The van der Waals surface area contributed by atoms with E-state index in [0.29, 0.717) is 12.0 Å². The molecule has 0 amide bonds. The molecular weight excluding hydrogens is 217 g/mol. The Labute approximate surface area is 92.9 Å². The summed E-state index contributed by atoms with van der Waals surface area (Å²) in [5.74, 6) is -0.00713. The second-order valence-corrected chi connectivity index (χ2v) is 3.74. The number of benzene rings is 1. The van der Waals surface area contributed by atoms with Crippen molar-refractivity contribution in [3.05, 3.63) is 35.4 Å². The average molecular weight is 232 g/mol. The standard InChI is InChI=1S/C12H15F3O/c1-2-9(6-7-16)10-4-3-5-11(8-10)12(13,14)15/h3-5,8-9,16H,2,6-7H2,1H3. The number of rotatable bonds is 4. The van der Waals surface area contributed by atoms with Crippen LogP contribution in [0.5, 0.6) is 0 Å². The highest BCUT2D eigenvalue weighted by Crippen LogP contribution is 2.32. The SMILES string of the molecule is CCC(CCO)c1cccc(C(F)(F)F)c1. The predicted molar refractivity (Wildman–Crippen MR) is 56.2 cm³/mol. The second kappa shape index (κ2) is 5.34. The lowest BCUT2D eigenvalue weighted by Crippen LogP contribution is -2.07. The highest BCUT2D eigenvalue weighted by molar-refractivity contribution is 5.28. The summed E-state index contributed by atoms with van der Waals surface area (Å²) in [4.78, 5) is 0. The maximum absolute atomic E-state index is 12.5. The molecule has 0 bridgehead atoms. The van der Waals surface area contributed by atoms with Crippen molar-refractivity contribution < 1.29 is 18.3 Å². The van der Waals surface area contributed by atoms with Crippen LogP contribution < -0.4 is 0 Å². The van der Waals surface area contributed by atoms with Crippen LogP contribution in [0.3, 0.4) is 0 Å². The van der Waals surface area contributed by atoms with Crippen LogP contribution in [0.4, 0.5) is 13.2 Å². The molecule has 1 rings (SSSR count). The van der Waals surface area contributed by atoms with E-state index in [4.69, 9.17) is 5.11 Å². The van der Waals surface area contributed by atoms with Gasteiger partial charge in [-0.05, 0) is 30.4 Å². The fourth-order valence-electron chi connectivity index (χ4n) is 1.73. The minimum atomic E-state index is -4.30. The third kappa shape index (κ3) is 3.23. The van der Waals surface area contributed by atoms with Crippen LogP contribution in [0.25, 0.3) is 0 Å². The predicted octanol–water partition coefficient (Wildman–Crippen LogP) is 3.58. The van der Waals surface area contributed by atoms with Gasteiger partial charge in [0, 0.05) is 6.61 Å². The van der Waals surface area contributed by atoms with Gasteiger partial charge >= 0.3 is 6.18 Å². The van der Waals surface area contributed by atoms with E-state index in [2.05, 4.69) is 0 Å². The zero-order valence-electron chi connectivity index (χ0n) is 9.09. The second-order valence-electron chi connectivity index (χ2n) is 3.74. The van der Waals surface area contributed by atoms with Crippen molar-refractivity contribution >= 4 is 0 Å². The molecule has 4 heteroatoms. The molecule has 0 spiro atoms. The Morgan fingerprint density at radius 3 is 2.50 bits per heavy atom. The molecule has 0 saturated carbocycles. The summed E-state index contributed by atoms with van der Waals surface area (Å²) in [7, 11) is 0. The van der Waals surface area contributed by atoms with E-state index >= 15 is 0 Å². The number of aliphatic hydroxyl groups excluding tert-OH is 1. The fraction of sp³-hybridized carbons (Fsp3) is 0.500. The third-order valence-electron chi connectivity index (χ3n) is 2.66. The van der Waals surface area contributed by atoms with Gasteiger partial charge in [-0.15, -0.1) is 0 Å². The van der Waals surface area contributed by atoms with E-state index < -0.39 is 11.7 Å². The molecule has 0 saturated heterocycles. The highest BCUT2D eigenvalue weighted by atomic mass is 19.4. The number of hydrogen-bond donors (Lipinski definition) is 1. The van der Waals surface area contributed by atoms with Gasteiger partial charge in [0.15, 0.2) is 0 Å². The Hall–Kier alpha value is -1.03. The summed E-state index contributed by atoms with van der Waals surface area (Å²) in [5.41, 5.74) is 0.0211. The van der Waals surface area contributed by atoms with Gasteiger partial charge in [-0.2, -0.15) is 13.2 Å². The van der Waals surface area contributed by atoms with E-state index in [0.717, 1.165) is 12.5 Å². The maximum atomic E-state index is 12.5. The van der Waals surface area contributed by atoms with Crippen molar-refractivity contribution in [2.45, 2.75) is 31.9 Å². The van der Waals surface area contributed by atoms with Crippen LogP contribution in [-0.2, 0) is 6.18 Å². The molecule has 1 aromatic rings. The number of aliphatic hydroxyl groups is 1. The first-order valence-corrected chi connectivity index (χ1v) is 5.27. The fourth-order valence-corrected chi connectivity index (χ4v) is 1.73. The lowest BCUT2D eigenvalue weighted by atomic mass is 9.92. The summed E-state index contributed by atoms with van der Waals surface area (Å²) in [6.45, 7) is 1.90. The number of halogens is 3. The van der Waals surface area contributed by atoms with Gasteiger partial charge in [0.05, 0.1) is 5.56 Å². The van der Waals surface area contributed by atoms with Crippen molar-refractivity contribution in [3.8, 4) is 0 Å². The van der Waals surface area contributed by atoms with E-state index in [1.165, 1.54) is 12.1 Å². The molecule has 0 aromatic heterocycles. The first-order valence-electron chi connectivity index (χ1n) is 5.27. The molecule has 1 aromatic carbocycles. The summed E-state index contributed by atoms with van der Waals surface area (Å²) < 4.78 is 37.4. The molecule has 1 N–H and O–H groups in total. The van der Waals surface area contributed by atoms with Gasteiger partial charge in [0.25, 0.3) is 0 Å². The molecule has 0 aliphatic rings. The molecule has 1 atom stereocenters. The van der Waals surface area contributed by atoms with E-state index in [1.54, 1.807) is 6.07 Å². The van der Waals surface area contributed by atoms with Crippen LogP contribution in [0.1, 0.15) is 36.8 Å². The summed E-state index contributed by atoms with van der Waals surface area (Å²) in [6.07, 6.45) is -3.08. The van der Waals surface area contributed by atoms with Crippen molar-refractivity contribution in [1.29, 1.82) is 0 Å². The Bertz CT molecular complexity index is 333. The molecule has 90 valence electrons. The van der Waals surface area contributed by atoms with Gasteiger partial charge in [-0.25, -0.2) is 0 Å². The summed E-state index contributed by atoms with van der Waals surface area (Å²) >= 11 is 0. The van der Waals surface area contributed by atoms with Crippen LogP contribution in [0.2, 0.25) is 0 Å². The molecule has 0 aliphatic carbocycles. The van der Waals surface area contributed by atoms with E-state index in [-0.39, 0.29) is 12.5 Å². The highest BCUT2D eigenvalue weighted by Gasteiger charge is 2.30. The van der Waals surface area contributed by atoms with Crippen molar-refractivity contribution in [1.82, 2.24) is 0 Å². The quantitative estimate of drug-likeness (QED) is 0.841. The van der Waals surface area contributed by atoms with Crippen LogP contribution in [0.15, 0.2) is 24.3 Å². The number of alkyl halides is 3. The van der Waals surface area contributed by atoms with Crippen LogP contribution in [-0.4, -0.2) is 11.7 Å². The smallest absolute Gasteiger partial charge is 0.396 e. The maximum Gasteiger partial charge on any atom is 0.416 e. The van der Waals surface area contributed by atoms with Gasteiger partial charge in [-0.3, -0.25) is 0 Å². The topological polar surface area (TPSA) is 20.2 Å². The largest absolute Gasteiger partial charge is 0.416 e. The lowest BCUT2D eigenvalue weighted by Gasteiger charge is -2.15. The normalized spacial score (nSPS) is 13.8. The van der Waals surface area contributed by atoms with Gasteiger partial charge in [0.1, 0.15) is 0 Å². The Morgan fingerprint density at radius 2 is 2.00 bits per heavy atom. The molecule has 0 radical (unpaired) electrons. The average Bonchev–Trinajstić information content (AvgIpc) is 2.25. The van der Waals surface area contributed by atoms with Gasteiger partial charge in [-0.1, -0.05) is 25.1 Å². The zero-order valence-corrected chi connectivity index (χ0v) is 9.09. The first kappa shape index (κ1) is 13.0. The molecule has 16 heavy (non-hydrogen) atoms. The Kier molecular flexibility index (Phi) is 4.35. The van der Waals surface area contributed by atoms with Crippen molar-refractivity contribution in [2.24, 2.45) is 0 Å². The van der Waals surface area contributed by atoms with Gasteiger partial charge in [0.2, 0.25) is 0 Å². The lowest BCUT2D eigenvalue weighted by molar-refractivity contribution is -0.137. The van der Waals surface area contributed by atoms with Crippen LogP contribution in [0, 0.1) is 0 Å². The van der Waals surface area contributed by atoms with E-state index in [1.807, 2.05) is 6.92 Å². The molecule has 1 unspecified atom stereocenters. The minimum absolute atomic E-state index is 0.00521. The Balaban J connectivity index is 2.97. The summed E-state index contributed by atoms with van der Waals surface area (Å²) in [6, 6.07) is 5.33. The monoisotopic (exact) mass is 232 g/mol. The van der Waals surface area contributed by atoms with Crippen molar-refractivity contribution in [2.75, 3.05) is 6.61 Å². The molecule has 1 nitrogen and oxygen atoms in total. The Morgan fingerprint density at radius 1 is 1.31 bits per heavy atom. The zero-order chi connectivity index (χ0) is 12.2. The third-order valence-corrected chi connectivity index (χ3v) is 2.66. The van der Waals surface area contributed by atoms with E-state index in [9.17, 15) is 13.2 Å². The van der Waals surface area contributed by atoms with Gasteiger partial charge < -0.3 is 5.11 Å². The molecule has 0 heterocycles. The van der Waals surface area contributed by atoms with Crippen LogP contribution >= 0.6 is 0 Å².